The van der Waals surface area contributed by atoms with Crippen LogP contribution in [-0.2, 0) is 0 Å². The van der Waals surface area contributed by atoms with E-state index in [1.54, 1.807) is 6.08 Å². The van der Waals surface area contributed by atoms with Crippen molar-refractivity contribution in [1.82, 2.24) is 0 Å². The number of rotatable bonds is 3. The summed E-state index contributed by atoms with van der Waals surface area (Å²) in [6, 6.07) is 5.76. The molecular weight excluding hydrogens is 174 g/mol. The van der Waals surface area contributed by atoms with Crippen molar-refractivity contribution < 1.29 is 5.11 Å². The SMILES string of the molecule is C=Cc1cccc(N(C)C)c1C(=C)O. The van der Waals surface area contributed by atoms with E-state index in [1.165, 1.54) is 0 Å². The molecule has 0 atom stereocenters. The zero-order chi connectivity index (χ0) is 10.7. The monoisotopic (exact) mass is 189 g/mol. The van der Waals surface area contributed by atoms with Gasteiger partial charge in [0.2, 0.25) is 0 Å². The minimum atomic E-state index is 0.0733. The van der Waals surface area contributed by atoms with Crippen LogP contribution in [0.1, 0.15) is 11.1 Å². The van der Waals surface area contributed by atoms with Crippen LogP contribution in [0.2, 0.25) is 0 Å². The van der Waals surface area contributed by atoms with Gasteiger partial charge in [-0.3, -0.25) is 0 Å². The number of nitrogens with zero attached hydrogens (tertiary/aromatic N) is 1. The van der Waals surface area contributed by atoms with Gasteiger partial charge in [0.05, 0.1) is 0 Å². The molecular formula is C12H15NO. The fraction of sp³-hybridized carbons (Fsp3) is 0.167. The van der Waals surface area contributed by atoms with Crippen molar-refractivity contribution in [1.29, 1.82) is 0 Å². The van der Waals surface area contributed by atoms with Gasteiger partial charge in [-0.1, -0.05) is 31.4 Å². The van der Waals surface area contributed by atoms with Crippen molar-refractivity contribution >= 4 is 17.5 Å². The van der Waals surface area contributed by atoms with Gasteiger partial charge >= 0.3 is 0 Å². The summed E-state index contributed by atoms with van der Waals surface area (Å²) in [7, 11) is 3.85. The van der Waals surface area contributed by atoms with Crippen molar-refractivity contribution in [2.75, 3.05) is 19.0 Å². The van der Waals surface area contributed by atoms with Gasteiger partial charge in [-0.15, -0.1) is 0 Å². The summed E-state index contributed by atoms with van der Waals surface area (Å²) in [6.45, 7) is 7.26. The Morgan fingerprint density at radius 2 is 2.07 bits per heavy atom. The maximum atomic E-state index is 9.50. The summed E-state index contributed by atoms with van der Waals surface area (Å²) in [6.07, 6.45) is 1.71. The Hall–Kier alpha value is -1.70. The molecule has 1 aromatic carbocycles. The van der Waals surface area contributed by atoms with Gasteiger partial charge < -0.3 is 10.0 Å². The first kappa shape index (κ1) is 10.4. The van der Waals surface area contributed by atoms with E-state index in [9.17, 15) is 5.11 Å². The van der Waals surface area contributed by atoms with Crippen LogP contribution in [0.5, 0.6) is 0 Å². The Labute approximate surface area is 84.8 Å². The van der Waals surface area contributed by atoms with E-state index >= 15 is 0 Å². The van der Waals surface area contributed by atoms with Crippen LogP contribution in [0, 0.1) is 0 Å². The second-order valence-electron chi connectivity index (χ2n) is 3.29. The molecule has 0 radical (unpaired) electrons. The number of hydrogen-bond donors (Lipinski definition) is 1. The van der Waals surface area contributed by atoms with Gasteiger partial charge in [0.25, 0.3) is 0 Å². The Bertz CT molecular complexity index is 367. The molecule has 1 aromatic rings. The maximum Gasteiger partial charge on any atom is 0.118 e. The van der Waals surface area contributed by atoms with Gasteiger partial charge in [0.15, 0.2) is 0 Å². The van der Waals surface area contributed by atoms with Crippen LogP contribution in [-0.4, -0.2) is 19.2 Å². The fourth-order valence-electron chi connectivity index (χ4n) is 1.41. The Morgan fingerprint density at radius 1 is 1.43 bits per heavy atom. The number of anilines is 1. The molecule has 0 aliphatic carbocycles. The zero-order valence-electron chi connectivity index (χ0n) is 8.62. The summed E-state index contributed by atoms with van der Waals surface area (Å²) >= 11 is 0. The Morgan fingerprint density at radius 3 is 2.50 bits per heavy atom. The van der Waals surface area contributed by atoms with E-state index in [4.69, 9.17) is 0 Å². The molecule has 1 N–H and O–H groups in total. The molecule has 0 amide bonds. The first-order chi connectivity index (χ1) is 6.57. The Kier molecular flexibility index (Phi) is 2.97. The van der Waals surface area contributed by atoms with Gasteiger partial charge in [0.1, 0.15) is 5.76 Å². The van der Waals surface area contributed by atoms with Crippen LogP contribution in [0.4, 0.5) is 5.69 Å². The highest BCUT2D eigenvalue weighted by molar-refractivity contribution is 5.79. The molecule has 0 heterocycles. The minimum absolute atomic E-state index is 0.0733. The molecule has 0 spiro atoms. The van der Waals surface area contributed by atoms with Crippen LogP contribution < -0.4 is 4.90 Å². The maximum absolute atomic E-state index is 9.50. The van der Waals surface area contributed by atoms with Gasteiger partial charge in [-0.2, -0.15) is 0 Å². The van der Waals surface area contributed by atoms with E-state index in [0.29, 0.717) is 0 Å². The number of hydrogen-bond acceptors (Lipinski definition) is 2. The zero-order valence-corrected chi connectivity index (χ0v) is 8.62. The standard InChI is InChI=1S/C12H15NO/c1-5-10-7-6-8-11(13(3)4)12(10)9(2)14/h5-8,14H,1-2H2,3-4H3. The van der Waals surface area contributed by atoms with E-state index in [0.717, 1.165) is 16.8 Å². The predicted octanol–water partition coefficient (Wildman–Crippen LogP) is 2.92. The molecule has 2 heteroatoms. The van der Waals surface area contributed by atoms with Crippen molar-refractivity contribution in [2.24, 2.45) is 0 Å². The van der Waals surface area contributed by atoms with Crippen LogP contribution in [0.25, 0.3) is 11.8 Å². The van der Waals surface area contributed by atoms with Crippen LogP contribution in [0.3, 0.4) is 0 Å². The highest BCUT2D eigenvalue weighted by atomic mass is 16.3. The van der Waals surface area contributed by atoms with E-state index < -0.39 is 0 Å². The quantitative estimate of drug-likeness (QED) is 0.739. The van der Waals surface area contributed by atoms with Crippen molar-refractivity contribution in [2.45, 2.75) is 0 Å². The lowest BCUT2D eigenvalue weighted by molar-refractivity contribution is 0.513. The highest BCUT2D eigenvalue weighted by Gasteiger charge is 2.09. The normalized spacial score (nSPS) is 9.57. The lowest BCUT2D eigenvalue weighted by atomic mass is 10.0. The van der Waals surface area contributed by atoms with Crippen LogP contribution >= 0.6 is 0 Å². The van der Waals surface area contributed by atoms with Gasteiger partial charge in [-0.25, -0.2) is 0 Å². The van der Waals surface area contributed by atoms with Gasteiger partial charge in [-0.05, 0) is 11.6 Å². The van der Waals surface area contributed by atoms with Crippen molar-refractivity contribution in [3.8, 4) is 0 Å². The molecule has 0 aromatic heterocycles. The molecule has 0 aliphatic heterocycles. The smallest absolute Gasteiger partial charge is 0.118 e. The largest absolute Gasteiger partial charge is 0.508 e. The average molecular weight is 189 g/mol. The second-order valence-corrected chi connectivity index (χ2v) is 3.29. The number of aliphatic hydroxyl groups excluding tert-OH is 1. The fourth-order valence-corrected chi connectivity index (χ4v) is 1.41. The summed E-state index contributed by atoms with van der Waals surface area (Å²) in [5.41, 5.74) is 2.58. The third-order valence-electron chi connectivity index (χ3n) is 2.06. The van der Waals surface area contributed by atoms with Crippen molar-refractivity contribution in [3.63, 3.8) is 0 Å². The molecule has 14 heavy (non-hydrogen) atoms. The summed E-state index contributed by atoms with van der Waals surface area (Å²) in [5, 5.41) is 9.50. The molecule has 0 unspecified atom stereocenters. The Balaban J connectivity index is 3.43. The molecule has 0 aliphatic rings. The summed E-state index contributed by atoms with van der Waals surface area (Å²) in [4.78, 5) is 1.93. The highest BCUT2D eigenvalue weighted by Crippen LogP contribution is 2.27. The predicted molar refractivity (Wildman–Crippen MR) is 62.5 cm³/mol. The molecule has 0 bridgehead atoms. The lowest BCUT2D eigenvalue weighted by Crippen LogP contribution is -2.11. The summed E-state index contributed by atoms with van der Waals surface area (Å²) in [5.74, 6) is 0.0733. The van der Waals surface area contributed by atoms with Crippen LogP contribution in [0.15, 0.2) is 31.4 Å². The van der Waals surface area contributed by atoms with Gasteiger partial charge in [0, 0.05) is 25.3 Å². The summed E-state index contributed by atoms with van der Waals surface area (Å²) < 4.78 is 0. The molecule has 2 nitrogen and oxygen atoms in total. The molecule has 1 rings (SSSR count). The topological polar surface area (TPSA) is 23.5 Å². The van der Waals surface area contributed by atoms with E-state index in [2.05, 4.69) is 13.2 Å². The average Bonchev–Trinajstić information content (AvgIpc) is 2.16. The molecule has 0 saturated heterocycles. The van der Waals surface area contributed by atoms with Crippen molar-refractivity contribution in [3.05, 3.63) is 42.5 Å². The molecule has 0 fully saturated rings. The number of aliphatic hydroxyl groups is 1. The van der Waals surface area contributed by atoms with E-state index in [-0.39, 0.29) is 5.76 Å². The van der Waals surface area contributed by atoms with E-state index in [1.807, 2.05) is 37.2 Å². The molecule has 74 valence electrons. The third-order valence-corrected chi connectivity index (χ3v) is 2.06. The number of benzene rings is 1. The lowest BCUT2D eigenvalue weighted by Gasteiger charge is -2.18. The minimum Gasteiger partial charge on any atom is -0.508 e. The second kappa shape index (κ2) is 4.01. The third kappa shape index (κ3) is 1.79. The first-order valence-electron chi connectivity index (χ1n) is 4.39. The first-order valence-corrected chi connectivity index (χ1v) is 4.39. The molecule has 0 saturated carbocycles.